The Morgan fingerprint density at radius 3 is 2.49 bits per heavy atom. The molecule has 0 aliphatic carbocycles. The second-order valence-electron chi connectivity index (χ2n) is 11.9. The van der Waals surface area contributed by atoms with Crippen LogP contribution in [0.25, 0.3) is 10.8 Å². The van der Waals surface area contributed by atoms with Crippen molar-refractivity contribution in [3.63, 3.8) is 0 Å². The van der Waals surface area contributed by atoms with Gasteiger partial charge in [0.15, 0.2) is 5.78 Å². The van der Waals surface area contributed by atoms with Crippen LogP contribution in [0.2, 0.25) is 5.02 Å². The number of fused-ring (bicyclic) bond motifs is 1. The molecule has 0 spiro atoms. The zero-order valence-electron chi connectivity index (χ0n) is 24.4. The SMILES string of the molecule is CC[C@H](CN1CC[C@@H](CCC(=O)c2ccc3cc(Cl)ccc3c2)N[C@@H](CCN2CCCCC2)C1=O)c1ccccc1. The van der Waals surface area contributed by atoms with Gasteiger partial charge in [0, 0.05) is 48.6 Å². The van der Waals surface area contributed by atoms with Gasteiger partial charge in [-0.3, -0.25) is 9.59 Å². The number of rotatable bonds is 11. The molecule has 5 rings (SSSR count). The maximum absolute atomic E-state index is 13.9. The Bertz CT molecular complexity index is 1310. The molecule has 3 aromatic rings. The molecule has 218 valence electrons. The highest BCUT2D eigenvalue weighted by molar-refractivity contribution is 6.31. The number of hydrogen-bond acceptors (Lipinski definition) is 4. The number of piperidine rings is 1. The van der Waals surface area contributed by atoms with Crippen molar-refractivity contribution in [2.45, 2.75) is 76.3 Å². The molecule has 0 unspecified atom stereocenters. The Labute approximate surface area is 250 Å². The first-order chi connectivity index (χ1) is 20.0. The van der Waals surface area contributed by atoms with E-state index in [9.17, 15) is 9.59 Å². The molecule has 0 radical (unpaired) electrons. The maximum atomic E-state index is 13.9. The quantitative estimate of drug-likeness (QED) is 0.249. The topological polar surface area (TPSA) is 52.7 Å². The minimum atomic E-state index is -0.210. The summed E-state index contributed by atoms with van der Waals surface area (Å²) in [5.74, 6) is 0.693. The van der Waals surface area contributed by atoms with E-state index in [4.69, 9.17) is 11.6 Å². The number of amides is 1. The first-order valence-corrected chi connectivity index (χ1v) is 15.9. The molecule has 1 amide bonds. The summed E-state index contributed by atoms with van der Waals surface area (Å²) in [6.07, 6.45) is 7.68. The lowest BCUT2D eigenvalue weighted by Gasteiger charge is -2.31. The number of hydrogen-bond donors (Lipinski definition) is 1. The van der Waals surface area contributed by atoms with Gasteiger partial charge < -0.3 is 15.1 Å². The zero-order chi connectivity index (χ0) is 28.6. The third kappa shape index (κ3) is 7.97. The summed E-state index contributed by atoms with van der Waals surface area (Å²) in [4.78, 5) is 31.8. The summed E-state index contributed by atoms with van der Waals surface area (Å²) in [5, 5.41) is 6.48. The molecule has 1 N–H and O–H groups in total. The van der Waals surface area contributed by atoms with Crippen molar-refractivity contribution in [1.82, 2.24) is 15.1 Å². The van der Waals surface area contributed by atoms with E-state index in [0.29, 0.717) is 17.4 Å². The first kappa shape index (κ1) is 29.8. The molecule has 2 fully saturated rings. The fourth-order valence-electron chi connectivity index (χ4n) is 6.49. The van der Waals surface area contributed by atoms with Gasteiger partial charge in [-0.1, -0.05) is 73.5 Å². The minimum Gasteiger partial charge on any atom is -0.341 e. The van der Waals surface area contributed by atoms with Crippen molar-refractivity contribution in [3.8, 4) is 0 Å². The van der Waals surface area contributed by atoms with Gasteiger partial charge in [0.05, 0.1) is 6.04 Å². The molecule has 3 aromatic carbocycles. The van der Waals surface area contributed by atoms with Crippen molar-refractivity contribution < 1.29 is 9.59 Å². The van der Waals surface area contributed by atoms with Crippen LogP contribution in [-0.2, 0) is 4.79 Å². The number of likely N-dealkylation sites (tertiary alicyclic amines) is 1. The van der Waals surface area contributed by atoms with E-state index >= 15 is 0 Å². The van der Waals surface area contributed by atoms with Gasteiger partial charge in [-0.25, -0.2) is 0 Å². The maximum Gasteiger partial charge on any atom is 0.239 e. The van der Waals surface area contributed by atoms with Crippen LogP contribution < -0.4 is 5.32 Å². The molecule has 3 atom stereocenters. The highest BCUT2D eigenvalue weighted by Crippen LogP contribution is 2.25. The van der Waals surface area contributed by atoms with Gasteiger partial charge >= 0.3 is 0 Å². The molecule has 41 heavy (non-hydrogen) atoms. The molecule has 2 saturated heterocycles. The second kappa shape index (κ2) is 14.4. The molecular formula is C35H44ClN3O2. The molecule has 0 saturated carbocycles. The largest absolute Gasteiger partial charge is 0.341 e. The first-order valence-electron chi connectivity index (χ1n) is 15.5. The number of benzene rings is 3. The summed E-state index contributed by atoms with van der Waals surface area (Å²) in [6.45, 7) is 6.89. The van der Waals surface area contributed by atoms with Gasteiger partial charge in [0.1, 0.15) is 0 Å². The van der Waals surface area contributed by atoms with Crippen molar-refractivity contribution in [2.75, 3.05) is 32.7 Å². The van der Waals surface area contributed by atoms with Crippen molar-refractivity contribution >= 4 is 34.1 Å². The average Bonchev–Trinajstić information content (AvgIpc) is 3.16. The number of carbonyl (C=O) groups is 2. The minimum absolute atomic E-state index is 0.135. The normalized spacial score (nSPS) is 21.1. The van der Waals surface area contributed by atoms with Gasteiger partial charge in [-0.15, -0.1) is 0 Å². The van der Waals surface area contributed by atoms with Crippen molar-refractivity contribution in [1.29, 1.82) is 0 Å². The molecule has 2 aliphatic heterocycles. The van der Waals surface area contributed by atoms with Crippen LogP contribution in [0.5, 0.6) is 0 Å². The second-order valence-corrected chi connectivity index (χ2v) is 12.3. The Morgan fingerprint density at radius 2 is 1.71 bits per heavy atom. The average molecular weight is 574 g/mol. The van der Waals surface area contributed by atoms with Gasteiger partial charge in [0.2, 0.25) is 5.91 Å². The Kier molecular flexibility index (Phi) is 10.5. The molecular weight excluding hydrogens is 530 g/mol. The van der Waals surface area contributed by atoms with Crippen molar-refractivity contribution in [3.05, 3.63) is 82.9 Å². The highest BCUT2D eigenvalue weighted by atomic mass is 35.5. The van der Waals surface area contributed by atoms with E-state index in [1.54, 1.807) is 0 Å². The summed E-state index contributed by atoms with van der Waals surface area (Å²) in [7, 11) is 0. The van der Waals surface area contributed by atoms with Crippen LogP contribution in [0.3, 0.4) is 0 Å². The molecule has 0 aromatic heterocycles. The third-order valence-electron chi connectivity index (χ3n) is 9.03. The highest BCUT2D eigenvalue weighted by Gasteiger charge is 2.32. The molecule has 5 nitrogen and oxygen atoms in total. The summed E-state index contributed by atoms with van der Waals surface area (Å²) in [5.41, 5.74) is 2.03. The lowest BCUT2D eigenvalue weighted by atomic mass is 9.95. The number of carbonyl (C=O) groups excluding carboxylic acids is 2. The van der Waals surface area contributed by atoms with Crippen molar-refractivity contribution in [2.24, 2.45) is 0 Å². The number of Topliss-reactive ketones (excluding diaryl/α,β-unsaturated/α-hetero) is 1. The number of halogens is 1. The van der Waals surface area contributed by atoms with E-state index in [1.165, 1.54) is 24.8 Å². The van der Waals surface area contributed by atoms with E-state index in [-0.39, 0.29) is 23.8 Å². The van der Waals surface area contributed by atoms with Gasteiger partial charge in [-0.2, -0.15) is 0 Å². The van der Waals surface area contributed by atoms with Crippen LogP contribution >= 0.6 is 11.6 Å². The monoisotopic (exact) mass is 573 g/mol. The zero-order valence-corrected chi connectivity index (χ0v) is 25.1. The molecule has 2 heterocycles. The predicted molar refractivity (Wildman–Crippen MR) is 169 cm³/mol. The third-order valence-corrected chi connectivity index (χ3v) is 9.26. The number of nitrogens with one attached hydrogen (secondary N) is 1. The van der Waals surface area contributed by atoms with Crippen LogP contribution in [-0.4, -0.2) is 66.3 Å². The Morgan fingerprint density at radius 1 is 0.951 bits per heavy atom. The van der Waals surface area contributed by atoms with Crippen LogP contribution in [0, 0.1) is 0 Å². The lowest BCUT2D eigenvalue weighted by molar-refractivity contribution is -0.133. The fourth-order valence-corrected chi connectivity index (χ4v) is 6.67. The van der Waals surface area contributed by atoms with Gasteiger partial charge in [0.25, 0.3) is 0 Å². The van der Waals surface area contributed by atoms with E-state index < -0.39 is 0 Å². The summed E-state index contributed by atoms with van der Waals surface area (Å²) < 4.78 is 0. The Hall–Kier alpha value is -2.73. The van der Waals surface area contributed by atoms with Gasteiger partial charge in [-0.05, 0) is 86.1 Å². The predicted octanol–water partition coefficient (Wildman–Crippen LogP) is 7.09. The smallest absolute Gasteiger partial charge is 0.239 e. The number of nitrogens with zero attached hydrogens (tertiary/aromatic N) is 2. The van der Waals surface area contributed by atoms with E-state index in [1.807, 2.05) is 42.5 Å². The molecule has 0 bridgehead atoms. The summed E-state index contributed by atoms with van der Waals surface area (Å²) >= 11 is 6.13. The number of ketones is 1. The van der Waals surface area contributed by atoms with E-state index in [2.05, 4.69) is 46.3 Å². The Balaban J connectivity index is 1.26. The van der Waals surface area contributed by atoms with Crippen LogP contribution in [0.4, 0.5) is 0 Å². The lowest BCUT2D eigenvalue weighted by Crippen LogP contribution is -2.48. The van der Waals surface area contributed by atoms with Crippen LogP contribution in [0.15, 0.2) is 66.7 Å². The van der Waals surface area contributed by atoms with Crippen LogP contribution in [0.1, 0.15) is 80.1 Å². The molecule has 2 aliphatic rings. The summed E-state index contributed by atoms with van der Waals surface area (Å²) in [6, 6.07) is 22.1. The van der Waals surface area contributed by atoms with E-state index in [0.717, 1.165) is 74.7 Å². The fraction of sp³-hybridized carbons (Fsp3) is 0.486. The standard InChI is InChI=1S/C35H44ClN3O2/c1-2-26(27-9-5-3-6-10-27)25-39-22-17-32(37-33(35(39)41)18-21-38-19-7-4-8-20-38)15-16-34(40)30-12-11-29-24-31(36)14-13-28(29)23-30/h3,5-6,9-14,23-24,26,32-33,37H,2,4,7-8,15-22,25H2,1H3/t26-,32-,33+/m1/s1. The molecule has 6 heteroatoms.